The van der Waals surface area contributed by atoms with E-state index in [1.165, 1.54) is 30.3 Å². The second-order valence-electron chi connectivity index (χ2n) is 6.29. The van der Waals surface area contributed by atoms with Crippen LogP contribution in [0.3, 0.4) is 0 Å². The fourth-order valence-corrected chi connectivity index (χ4v) is 3.86. The molecule has 0 aliphatic rings. The van der Waals surface area contributed by atoms with E-state index < -0.39 is 21.7 Å². The highest BCUT2D eigenvalue weighted by Crippen LogP contribution is 2.25. The van der Waals surface area contributed by atoms with E-state index >= 15 is 0 Å². The monoisotopic (exact) mass is 428 g/mol. The third-order valence-corrected chi connectivity index (χ3v) is 5.50. The van der Waals surface area contributed by atoms with Crippen LogP contribution in [0.4, 0.5) is 10.1 Å². The van der Waals surface area contributed by atoms with Gasteiger partial charge >= 0.3 is 0 Å². The van der Waals surface area contributed by atoms with Crippen LogP contribution in [0, 0.1) is 5.82 Å². The normalized spacial score (nSPS) is 11.5. The van der Waals surface area contributed by atoms with E-state index in [1.807, 2.05) is 13.8 Å². The molecule has 1 amide bonds. The number of carbonyl (C=O) groups excluding carboxylic acids is 1. The SMILES string of the molecule is CC(C)OCCCNC(=O)c1ccc(Cl)c(S(=O)(=O)Nc2ccc(F)cc2)c1. The number of halogens is 2. The lowest BCUT2D eigenvalue weighted by molar-refractivity contribution is 0.0757. The molecule has 0 saturated carbocycles. The van der Waals surface area contributed by atoms with Crippen LogP contribution in [0.5, 0.6) is 0 Å². The minimum Gasteiger partial charge on any atom is -0.379 e. The molecule has 0 radical (unpaired) electrons. The van der Waals surface area contributed by atoms with E-state index in [1.54, 1.807) is 0 Å². The summed E-state index contributed by atoms with van der Waals surface area (Å²) < 4.78 is 45.9. The Morgan fingerprint density at radius 2 is 1.86 bits per heavy atom. The minimum absolute atomic E-state index is 0.0310. The Morgan fingerprint density at radius 3 is 2.50 bits per heavy atom. The second kappa shape index (κ2) is 9.86. The molecule has 2 aromatic carbocycles. The van der Waals surface area contributed by atoms with Crippen molar-refractivity contribution in [1.82, 2.24) is 5.32 Å². The van der Waals surface area contributed by atoms with Crippen LogP contribution in [0.25, 0.3) is 0 Å². The highest BCUT2D eigenvalue weighted by molar-refractivity contribution is 7.92. The molecule has 28 heavy (non-hydrogen) atoms. The number of nitrogens with one attached hydrogen (secondary N) is 2. The van der Waals surface area contributed by atoms with E-state index in [2.05, 4.69) is 10.0 Å². The molecule has 2 rings (SSSR count). The van der Waals surface area contributed by atoms with Gasteiger partial charge in [-0.2, -0.15) is 0 Å². The quantitative estimate of drug-likeness (QED) is 0.594. The summed E-state index contributed by atoms with van der Waals surface area (Å²) in [6, 6.07) is 8.83. The van der Waals surface area contributed by atoms with Gasteiger partial charge in [-0.1, -0.05) is 11.6 Å². The van der Waals surface area contributed by atoms with Crippen LogP contribution in [0.2, 0.25) is 5.02 Å². The fourth-order valence-electron chi connectivity index (χ4n) is 2.27. The predicted molar refractivity (Wildman–Crippen MR) is 107 cm³/mol. The number of hydrogen-bond donors (Lipinski definition) is 2. The largest absolute Gasteiger partial charge is 0.379 e. The van der Waals surface area contributed by atoms with Crippen molar-refractivity contribution < 1.29 is 22.3 Å². The van der Waals surface area contributed by atoms with Gasteiger partial charge in [-0.25, -0.2) is 12.8 Å². The first-order chi connectivity index (χ1) is 13.2. The fraction of sp³-hybridized carbons (Fsp3) is 0.316. The van der Waals surface area contributed by atoms with Crippen molar-refractivity contribution in [1.29, 1.82) is 0 Å². The van der Waals surface area contributed by atoms with Gasteiger partial charge < -0.3 is 10.1 Å². The van der Waals surface area contributed by atoms with Gasteiger partial charge in [-0.15, -0.1) is 0 Å². The zero-order chi connectivity index (χ0) is 20.7. The average molecular weight is 429 g/mol. The molecular weight excluding hydrogens is 407 g/mol. The zero-order valence-corrected chi connectivity index (χ0v) is 17.1. The highest BCUT2D eigenvalue weighted by Gasteiger charge is 2.20. The standard InChI is InChI=1S/C19H22ClFN2O4S/c1-13(2)27-11-3-10-22-19(24)14-4-9-17(20)18(12-14)28(25,26)23-16-7-5-15(21)6-8-16/h4-9,12-13,23H,3,10-11H2,1-2H3,(H,22,24). The van der Waals surface area contributed by atoms with Crippen molar-refractivity contribution in [2.45, 2.75) is 31.3 Å². The molecule has 9 heteroatoms. The topological polar surface area (TPSA) is 84.5 Å². The number of rotatable bonds is 9. The Balaban J connectivity index is 2.09. The molecule has 2 aromatic rings. The molecule has 0 aromatic heterocycles. The maximum Gasteiger partial charge on any atom is 0.263 e. The van der Waals surface area contributed by atoms with E-state index in [4.69, 9.17) is 16.3 Å². The summed E-state index contributed by atoms with van der Waals surface area (Å²) in [5.74, 6) is -0.905. The third kappa shape index (κ3) is 6.47. The van der Waals surface area contributed by atoms with Crippen molar-refractivity contribution in [3.8, 4) is 0 Å². The summed E-state index contributed by atoms with van der Waals surface area (Å²) in [6.45, 7) is 4.76. The van der Waals surface area contributed by atoms with Gasteiger partial charge in [0.25, 0.3) is 15.9 Å². The zero-order valence-electron chi connectivity index (χ0n) is 15.5. The molecule has 0 atom stereocenters. The lowest BCUT2D eigenvalue weighted by Gasteiger charge is -2.12. The molecule has 6 nitrogen and oxygen atoms in total. The van der Waals surface area contributed by atoms with Gasteiger partial charge in [0, 0.05) is 24.4 Å². The number of hydrogen-bond acceptors (Lipinski definition) is 4. The van der Waals surface area contributed by atoms with Crippen molar-refractivity contribution in [2.75, 3.05) is 17.9 Å². The number of benzene rings is 2. The second-order valence-corrected chi connectivity index (χ2v) is 8.34. The summed E-state index contributed by atoms with van der Waals surface area (Å²) in [7, 11) is -4.06. The van der Waals surface area contributed by atoms with Crippen molar-refractivity contribution in [2.24, 2.45) is 0 Å². The molecular formula is C19H22ClFN2O4S. The molecule has 0 aliphatic carbocycles. The summed E-state index contributed by atoms with van der Waals surface area (Å²) in [6.07, 6.45) is 0.753. The predicted octanol–water partition coefficient (Wildman–Crippen LogP) is 3.82. The van der Waals surface area contributed by atoms with Crippen LogP contribution in [0.15, 0.2) is 47.4 Å². The van der Waals surface area contributed by atoms with Crippen LogP contribution < -0.4 is 10.0 Å². The molecule has 152 valence electrons. The van der Waals surface area contributed by atoms with Crippen LogP contribution in [-0.4, -0.2) is 33.6 Å². The lowest BCUT2D eigenvalue weighted by atomic mass is 10.2. The van der Waals surface area contributed by atoms with E-state index in [9.17, 15) is 17.6 Å². The van der Waals surface area contributed by atoms with Crippen molar-refractivity contribution >= 4 is 33.2 Å². The Labute approximate surface area is 169 Å². The van der Waals surface area contributed by atoms with Gasteiger partial charge in [0.15, 0.2) is 0 Å². The maximum absolute atomic E-state index is 13.0. The Bertz CT molecular complexity index is 918. The first-order valence-corrected chi connectivity index (χ1v) is 10.5. The Hall–Kier alpha value is -2.16. The molecule has 2 N–H and O–H groups in total. The molecule has 0 fully saturated rings. The van der Waals surface area contributed by atoms with Crippen LogP contribution >= 0.6 is 11.6 Å². The number of carbonyl (C=O) groups is 1. The summed E-state index contributed by atoms with van der Waals surface area (Å²) in [5.41, 5.74) is 0.339. The molecule has 0 heterocycles. The van der Waals surface area contributed by atoms with Gasteiger partial charge in [0.2, 0.25) is 0 Å². The van der Waals surface area contributed by atoms with E-state index in [-0.39, 0.29) is 27.3 Å². The molecule has 0 spiro atoms. The lowest BCUT2D eigenvalue weighted by Crippen LogP contribution is -2.26. The van der Waals surface area contributed by atoms with Crippen molar-refractivity contribution in [3.05, 3.63) is 58.9 Å². The van der Waals surface area contributed by atoms with Gasteiger partial charge in [0.1, 0.15) is 10.7 Å². The number of sulfonamides is 1. The average Bonchev–Trinajstić information content (AvgIpc) is 2.63. The number of ether oxygens (including phenoxy) is 1. The first-order valence-electron chi connectivity index (χ1n) is 8.67. The summed E-state index contributed by atoms with van der Waals surface area (Å²) >= 11 is 6.02. The molecule has 0 aliphatic heterocycles. The first kappa shape index (κ1) is 22.1. The third-order valence-electron chi connectivity index (χ3n) is 3.64. The van der Waals surface area contributed by atoms with Gasteiger partial charge in [0.05, 0.1) is 11.1 Å². The van der Waals surface area contributed by atoms with Crippen LogP contribution in [0.1, 0.15) is 30.6 Å². The summed E-state index contributed by atoms with van der Waals surface area (Å²) in [4.78, 5) is 12.0. The minimum atomic E-state index is -4.06. The van der Waals surface area contributed by atoms with Crippen LogP contribution in [-0.2, 0) is 14.8 Å². The smallest absolute Gasteiger partial charge is 0.263 e. The molecule has 0 unspecified atom stereocenters. The Kier molecular flexibility index (Phi) is 7.79. The van der Waals surface area contributed by atoms with E-state index in [0.717, 1.165) is 12.1 Å². The highest BCUT2D eigenvalue weighted by atomic mass is 35.5. The maximum atomic E-state index is 13.0. The molecule has 0 bridgehead atoms. The van der Waals surface area contributed by atoms with E-state index in [0.29, 0.717) is 19.6 Å². The summed E-state index contributed by atoms with van der Waals surface area (Å²) in [5, 5.41) is 2.68. The van der Waals surface area contributed by atoms with Crippen molar-refractivity contribution in [3.63, 3.8) is 0 Å². The Morgan fingerprint density at radius 1 is 1.18 bits per heavy atom. The van der Waals surface area contributed by atoms with Gasteiger partial charge in [-0.05, 0) is 62.7 Å². The number of anilines is 1. The van der Waals surface area contributed by atoms with Gasteiger partial charge in [-0.3, -0.25) is 9.52 Å². The molecule has 0 saturated heterocycles. The number of amides is 1.